The van der Waals surface area contributed by atoms with Crippen LogP contribution in [0, 0.1) is 0 Å². The van der Waals surface area contributed by atoms with E-state index >= 15 is 0 Å². The average Bonchev–Trinajstić information content (AvgIpc) is 3.19. The highest BCUT2D eigenvalue weighted by Crippen LogP contribution is 2.32. The van der Waals surface area contributed by atoms with Crippen LogP contribution in [0.1, 0.15) is 45.5 Å². The highest BCUT2D eigenvalue weighted by molar-refractivity contribution is 6.21. The van der Waals surface area contributed by atoms with Gasteiger partial charge in [0.2, 0.25) is 0 Å². The maximum absolute atomic E-state index is 13.0. The Balaban J connectivity index is 1.25. The zero-order chi connectivity index (χ0) is 27.1. The number of carbonyl (C=O) groups is 3. The van der Waals surface area contributed by atoms with Crippen molar-refractivity contribution in [3.63, 3.8) is 0 Å². The molecule has 2 unspecified atom stereocenters. The lowest BCUT2D eigenvalue weighted by atomic mass is 9.95. The minimum Gasteiger partial charge on any atom is -0.445 e. The van der Waals surface area contributed by atoms with E-state index in [0.717, 1.165) is 10.5 Å². The van der Waals surface area contributed by atoms with Gasteiger partial charge in [-0.15, -0.1) is 0 Å². The summed E-state index contributed by atoms with van der Waals surface area (Å²) in [5, 5.41) is 33.5. The van der Waals surface area contributed by atoms with Gasteiger partial charge in [-0.05, 0) is 37.0 Å². The van der Waals surface area contributed by atoms with Crippen LogP contribution >= 0.6 is 0 Å². The number of hydrogen-bond donors (Lipinski definition) is 4. The van der Waals surface area contributed by atoms with E-state index in [1.165, 1.54) is 12.1 Å². The monoisotopic (exact) mass is 528 g/mol. The minimum absolute atomic E-state index is 0.157. The van der Waals surface area contributed by atoms with Crippen molar-refractivity contribution in [2.24, 2.45) is 0 Å². The molecule has 2 aromatic carbocycles. The first-order valence-electron chi connectivity index (χ1n) is 12.6. The van der Waals surface area contributed by atoms with E-state index in [1.807, 2.05) is 30.3 Å². The number of carbonyl (C=O) groups excluding carboxylic acids is 3. The van der Waals surface area contributed by atoms with E-state index in [4.69, 9.17) is 14.2 Å². The molecule has 2 heterocycles. The van der Waals surface area contributed by atoms with Gasteiger partial charge in [-0.3, -0.25) is 14.5 Å². The molecular weight excluding hydrogens is 496 g/mol. The van der Waals surface area contributed by atoms with E-state index in [0.29, 0.717) is 25.8 Å². The molecule has 5 atom stereocenters. The van der Waals surface area contributed by atoms with Crippen LogP contribution in [-0.4, -0.2) is 88.5 Å². The van der Waals surface area contributed by atoms with Gasteiger partial charge in [-0.1, -0.05) is 42.5 Å². The number of ether oxygens (including phenoxy) is 3. The molecule has 0 aliphatic carbocycles. The second-order valence-corrected chi connectivity index (χ2v) is 9.14. The molecule has 4 rings (SSSR count). The van der Waals surface area contributed by atoms with Crippen LogP contribution in [0.2, 0.25) is 0 Å². The zero-order valence-electron chi connectivity index (χ0n) is 20.8. The highest BCUT2D eigenvalue weighted by atomic mass is 16.7. The molecule has 38 heavy (non-hydrogen) atoms. The quantitative estimate of drug-likeness (QED) is 0.249. The van der Waals surface area contributed by atoms with Crippen LogP contribution in [0.15, 0.2) is 54.6 Å². The van der Waals surface area contributed by atoms with Crippen LogP contribution in [0.5, 0.6) is 0 Å². The molecule has 204 valence electrons. The number of benzene rings is 2. The second-order valence-electron chi connectivity index (χ2n) is 9.14. The molecular formula is C27H32N2O9. The summed E-state index contributed by atoms with van der Waals surface area (Å²) in [7, 11) is 0. The van der Waals surface area contributed by atoms with Gasteiger partial charge in [0.1, 0.15) is 31.0 Å². The van der Waals surface area contributed by atoms with Crippen molar-refractivity contribution in [1.29, 1.82) is 0 Å². The number of nitrogens with one attached hydrogen (secondary N) is 1. The van der Waals surface area contributed by atoms with Crippen molar-refractivity contribution in [3.8, 4) is 0 Å². The Morgan fingerprint density at radius 1 is 0.921 bits per heavy atom. The molecule has 11 nitrogen and oxygen atoms in total. The van der Waals surface area contributed by atoms with E-state index in [2.05, 4.69) is 5.32 Å². The van der Waals surface area contributed by atoms with Gasteiger partial charge in [-0.25, -0.2) is 4.79 Å². The first-order valence-corrected chi connectivity index (χ1v) is 12.6. The summed E-state index contributed by atoms with van der Waals surface area (Å²) in [5.41, 5.74) is 1.28. The lowest BCUT2D eigenvalue weighted by Crippen LogP contribution is -2.65. The number of imide groups is 1. The van der Waals surface area contributed by atoms with Gasteiger partial charge in [0, 0.05) is 13.2 Å². The molecule has 3 amide bonds. The molecule has 1 saturated heterocycles. The Morgan fingerprint density at radius 2 is 1.58 bits per heavy atom. The van der Waals surface area contributed by atoms with Crippen LogP contribution in [0.3, 0.4) is 0 Å². The van der Waals surface area contributed by atoms with Gasteiger partial charge in [-0.2, -0.15) is 0 Å². The van der Waals surface area contributed by atoms with Crippen molar-refractivity contribution in [1.82, 2.24) is 10.2 Å². The number of nitrogens with zero attached hydrogens (tertiary/aromatic N) is 1. The third-order valence-electron chi connectivity index (χ3n) is 6.56. The number of unbranched alkanes of at least 4 members (excludes halogenated alkanes) is 2. The molecule has 2 aromatic rings. The van der Waals surface area contributed by atoms with Crippen LogP contribution in [0.25, 0.3) is 0 Å². The molecule has 0 saturated carbocycles. The van der Waals surface area contributed by atoms with Gasteiger partial charge >= 0.3 is 6.09 Å². The number of aliphatic hydroxyl groups is 3. The summed E-state index contributed by atoms with van der Waals surface area (Å²) in [6.07, 6.45) is -4.13. The first kappa shape index (κ1) is 27.7. The molecule has 2 aliphatic rings. The molecule has 0 radical (unpaired) electrons. The molecule has 11 heteroatoms. The topological polar surface area (TPSA) is 155 Å². The fourth-order valence-corrected chi connectivity index (χ4v) is 4.53. The summed E-state index contributed by atoms with van der Waals surface area (Å²) in [5.74, 6) is -1.24. The maximum atomic E-state index is 13.0. The number of aliphatic hydroxyl groups excluding tert-OH is 3. The number of alkyl carbamates (subject to hydrolysis) is 1. The first-order chi connectivity index (χ1) is 18.4. The SMILES string of the molecule is O=C(NCCCCCO[C@@H]1OC(CO)[C@@H](O)[C@H](O)C1N1C(=O)c2ccccc2C1=O)OCc1ccccc1. The Kier molecular flexibility index (Phi) is 9.43. The summed E-state index contributed by atoms with van der Waals surface area (Å²) in [4.78, 5) is 38.7. The standard InChI is InChI=1S/C27H32N2O9/c30-15-20-22(31)23(32)21(29-24(33)18-11-5-6-12-19(18)25(29)34)26(38-20)36-14-8-2-7-13-28-27(35)37-16-17-9-3-1-4-10-17/h1,3-6,9-12,20-23,26,30-32H,2,7-8,13-16H2,(H,28,35)/t20?,21?,22-,23-,26-/m1/s1. The molecule has 0 spiro atoms. The fourth-order valence-electron chi connectivity index (χ4n) is 4.53. The lowest BCUT2D eigenvalue weighted by molar-refractivity contribution is -0.279. The number of fused-ring (bicyclic) bond motifs is 1. The molecule has 0 bridgehead atoms. The summed E-state index contributed by atoms with van der Waals surface area (Å²) < 4.78 is 16.6. The zero-order valence-corrected chi connectivity index (χ0v) is 20.8. The average molecular weight is 529 g/mol. The lowest BCUT2D eigenvalue weighted by Gasteiger charge is -2.44. The summed E-state index contributed by atoms with van der Waals surface area (Å²) >= 11 is 0. The van der Waals surface area contributed by atoms with E-state index in [9.17, 15) is 29.7 Å². The van der Waals surface area contributed by atoms with Crippen LogP contribution < -0.4 is 5.32 Å². The van der Waals surface area contributed by atoms with Crippen molar-refractivity contribution in [2.45, 2.75) is 56.5 Å². The van der Waals surface area contributed by atoms with E-state index in [-0.39, 0.29) is 24.3 Å². The molecule has 2 aliphatic heterocycles. The molecule has 0 aromatic heterocycles. The predicted octanol–water partition coefficient (Wildman–Crippen LogP) is 1.20. The third-order valence-corrected chi connectivity index (χ3v) is 6.56. The summed E-state index contributed by atoms with van der Waals surface area (Å²) in [6.45, 7) is 0.164. The van der Waals surface area contributed by atoms with Crippen molar-refractivity contribution in [3.05, 3.63) is 71.3 Å². The Bertz CT molecular complexity index is 1080. The normalized spacial score (nSPS) is 24.8. The van der Waals surface area contributed by atoms with Gasteiger partial charge in [0.25, 0.3) is 11.8 Å². The van der Waals surface area contributed by atoms with E-state index in [1.54, 1.807) is 12.1 Å². The van der Waals surface area contributed by atoms with Crippen molar-refractivity contribution < 1.29 is 43.9 Å². The third kappa shape index (κ3) is 6.20. The maximum Gasteiger partial charge on any atom is 0.407 e. The second kappa shape index (κ2) is 12.9. The van der Waals surface area contributed by atoms with Crippen molar-refractivity contribution >= 4 is 17.9 Å². The van der Waals surface area contributed by atoms with Gasteiger partial charge in [0.05, 0.1) is 17.7 Å². The number of rotatable bonds is 11. The van der Waals surface area contributed by atoms with Gasteiger partial charge in [0.15, 0.2) is 6.29 Å². The van der Waals surface area contributed by atoms with Crippen LogP contribution in [-0.2, 0) is 20.8 Å². The highest BCUT2D eigenvalue weighted by Gasteiger charge is 2.53. The van der Waals surface area contributed by atoms with Crippen LogP contribution in [0.4, 0.5) is 4.79 Å². The Morgan fingerprint density at radius 3 is 2.24 bits per heavy atom. The largest absolute Gasteiger partial charge is 0.445 e. The predicted molar refractivity (Wildman–Crippen MR) is 133 cm³/mol. The smallest absolute Gasteiger partial charge is 0.407 e. The Labute approximate surface area is 219 Å². The molecule has 4 N–H and O–H groups in total. The fraction of sp³-hybridized carbons (Fsp3) is 0.444. The van der Waals surface area contributed by atoms with Gasteiger partial charge < -0.3 is 34.8 Å². The number of amides is 3. The van der Waals surface area contributed by atoms with E-state index < -0.39 is 55.2 Å². The minimum atomic E-state index is -1.58. The van der Waals surface area contributed by atoms with Crippen molar-refractivity contribution in [2.75, 3.05) is 19.8 Å². The summed E-state index contributed by atoms with van der Waals surface area (Å²) in [6, 6.07) is 14.3. The number of hydrogen-bond acceptors (Lipinski definition) is 9. The Hall–Kier alpha value is -3.35. The molecule has 1 fully saturated rings.